The molecular weight excluding hydrogens is 218 g/mol. The van der Waals surface area contributed by atoms with Crippen molar-refractivity contribution in [1.29, 1.82) is 0 Å². The van der Waals surface area contributed by atoms with Crippen molar-refractivity contribution < 1.29 is 9.21 Å². The second-order valence-electron chi connectivity index (χ2n) is 3.55. The maximum Gasteiger partial charge on any atom is 0.291 e. The highest BCUT2D eigenvalue weighted by Gasteiger charge is 2.10. The average molecular weight is 231 g/mol. The quantitative estimate of drug-likeness (QED) is 0.699. The third-order valence-electron chi connectivity index (χ3n) is 2.26. The molecule has 1 aromatic carbocycles. The Morgan fingerprint density at radius 2 is 1.88 bits per heavy atom. The van der Waals surface area contributed by atoms with Crippen molar-refractivity contribution in [3.63, 3.8) is 0 Å². The van der Waals surface area contributed by atoms with Gasteiger partial charge in [0.05, 0.1) is 6.54 Å². The summed E-state index contributed by atoms with van der Waals surface area (Å²) in [5.74, 6) is 0.504. The Labute approximate surface area is 98.4 Å². The van der Waals surface area contributed by atoms with Gasteiger partial charge in [0.1, 0.15) is 5.76 Å². The van der Waals surface area contributed by atoms with Crippen LogP contribution in [0, 0.1) is 0 Å². The van der Waals surface area contributed by atoms with Crippen LogP contribution in [0.3, 0.4) is 0 Å². The molecule has 0 saturated carbocycles. The molecule has 0 spiro atoms. The molecule has 2 rings (SSSR count). The highest BCUT2D eigenvalue weighted by atomic mass is 16.4. The summed E-state index contributed by atoms with van der Waals surface area (Å²) in [7, 11) is 0. The highest BCUT2D eigenvalue weighted by Crippen LogP contribution is 2.13. The van der Waals surface area contributed by atoms with Gasteiger partial charge in [0, 0.05) is 11.4 Å². The zero-order valence-electron chi connectivity index (χ0n) is 9.14. The molecule has 0 radical (unpaired) electrons. The van der Waals surface area contributed by atoms with Gasteiger partial charge in [-0.15, -0.1) is 0 Å². The summed E-state index contributed by atoms with van der Waals surface area (Å²) in [5.41, 5.74) is 12.2. The van der Waals surface area contributed by atoms with Gasteiger partial charge < -0.3 is 21.2 Å². The van der Waals surface area contributed by atoms with E-state index in [1.165, 1.54) is 0 Å². The van der Waals surface area contributed by atoms with Gasteiger partial charge in [0.2, 0.25) is 0 Å². The first kappa shape index (κ1) is 11.2. The Kier molecular flexibility index (Phi) is 3.11. The zero-order valence-corrected chi connectivity index (χ0v) is 9.14. The predicted octanol–water partition coefficient (Wildman–Crippen LogP) is 1.57. The van der Waals surface area contributed by atoms with E-state index < -0.39 is 0 Å². The van der Waals surface area contributed by atoms with Crippen LogP contribution in [0.2, 0.25) is 0 Å². The minimum absolute atomic E-state index is 0.238. The molecule has 5 N–H and O–H groups in total. The van der Waals surface area contributed by atoms with Crippen LogP contribution in [-0.2, 0) is 6.54 Å². The van der Waals surface area contributed by atoms with E-state index in [2.05, 4.69) is 5.32 Å². The molecule has 5 nitrogen and oxygen atoms in total. The van der Waals surface area contributed by atoms with Crippen molar-refractivity contribution in [2.45, 2.75) is 6.54 Å². The van der Waals surface area contributed by atoms with Crippen LogP contribution >= 0.6 is 0 Å². The van der Waals surface area contributed by atoms with E-state index in [0.717, 1.165) is 0 Å². The summed E-state index contributed by atoms with van der Waals surface area (Å²) < 4.78 is 5.23. The molecule has 2 aromatic rings. The molecule has 0 aliphatic heterocycles. The predicted molar refractivity (Wildman–Crippen MR) is 65.4 cm³/mol. The van der Waals surface area contributed by atoms with Crippen molar-refractivity contribution in [3.05, 3.63) is 47.9 Å². The summed E-state index contributed by atoms with van der Waals surface area (Å²) in [6.07, 6.45) is 0. The smallest absolute Gasteiger partial charge is 0.291 e. The number of hydrogen-bond donors (Lipinski definition) is 3. The van der Waals surface area contributed by atoms with Crippen molar-refractivity contribution in [2.75, 3.05) is 11.1 Å². The molecule has 0 fully saturated rings. The van der Waals surface area contributed by atoms with Crippen LogP contribution < -0.4 is 16.8 Å². The number of amides is 1. The lowest BCUT2D eigenvalue weighted by molar-refractivity contribution is 0.0995. The molecule has 0 unspecified atom stereocenters. The standard InChI is InChI=1S/C12H13N3O2/c13-7-10-5-6-11(17-10)12(16)15-9-3-1-8(14)2-4-9/h1-6H,7,13-14H2,(H,15,16). The molecule has 0 saturated heterocycles. The number of benzene rings is 1. The number of rotatable bonds is 3. The van der Waals surface area contributed by atoms with Gasteiger partial charge in [-0.25, -0.2) is 0 Å². The van der Waals surface area contributed by atoms with E-state index in [0.29, 0.717) is 17.1 Å². The number of hydrogen-bond acceptors (Lipinski definition) is 4. The van der Waals surface area contributed by atoms with Crippen LogP contribution in [0.1, 0.15) is 16.3 Å². The van der Waals surface area contributed by atoms with Crippen LogP contribution in [0.15, 0.2) is 40.8 Å². The first-order chi connectivity index (χ1) is 8.19. The van der Waals surface area contributed by atoms with Gasteiger partial charge in [0.15, 0.2) is 5.76 Å². The van der Waals surface area contributed by atoms with E-state index in [4.69, 9.17) is 15.9 Å². The van der Waals surface area contributed by atoms with Crippen molar-refractivity contribution in [2.24, 2.45) is 5.73 Å². The van der Waals surface area contributed by atoms with Gasteiger partial charge >= 0.3 is 0 Å². The minimum Gasteiger partial charge on any atom is -0.455 e. The van der Waals surface area contributed by atoms with Gasteiger partial charge in [-0.05, 0) is 36.4 Å². The maximum absolute atomic E-state index is 11.8. The van der Waals surface area contributed by atoms with Gasteiger partial charge in [-0.1, -0.05) is 0 Å². The molecule has 0 bridgehead atoms. The monoisotopic (exact) mass is 231 g/mol. The number of carbonyl (C=O) groups is 1. The minimum atomic E-state index is -0.311. The van der Waals surface area contributed by atoms with Crippen LogP contribution in [0.25, 0.3) is 0 Å². The lowest BCUT2D eigenvalue weighted by atomic mass is 10.3. The van der Waals surface area contributed by atoms with Crippen LogP contribution in [0.5, 0.6) is 0 Å². The lowest BCUT2D eigenvalue weighted by Gasteiger charge is -2.03. The molecule has 0 aliphatic carbocycles. The van der Waals surface area contributed by atoms with Gasteiger partial charge in [0.25, 0.3) is 5.91 Å². The molecule has 0 aliphatic rings. The van der Waals surface area contributed by atoms with E-state index in [1.807, 2.05) is 0 Å². The third-order valence-corrected chi connectivity index (χ3v) is 2.26. The Morgan fingerprint density at radius 1 is 1.18 bits per heavy atom. The molecule has 88 valence electrons. The second kappa shape index (κ2) is 4.71. The summed E-state index contributed by atoms with van der Waals surface area (Å²) in [6, 6.07) is 10.1. The summed E-state index contributed by atoms with van der Waals surface area (Å²) in [6.45, 7) is 0.273. The third kappa shape index (κ3) is 2.64. The zero-order chi connectivity index (χ0) is 12.3. The summed E-state index contributed by atoms with van der Waals surface area (Å²) >= 11 is 0. The lowest BCUT2D eigenvalue weighted by Crippen LogP contribution is -2.10. The molecule has 1 amide bonds. The number of nitrogens with two attached hydrogens (primary N) is 2. The fraction of sp³-hybridized carbons (Fsp3) is 0.0833. The number of nitrogens with one attached hydrogen (secondary N) is 1. The molecule has 17 heavy (non-hydrogen) atoms. The van der Waals surface area contributed by atoms with E-state index >= 15 is 0 Å². The van der Waals surface area contributed by atoms with E-state index in [9.17, 15) is 4.79 Å². The Balaban J connectivity index is 2.08. The molecule has 1 heterocycles. The molecular formula is C12H13N3O2. The molecule has 5 heteroatoms. The van der Waals surface area contributed by atoms with Crippen molar-refractivity contribution in [3.8, 4) is 0 Å². The average Bonchev–Trinajstić information content (AvgIpc) is 2.81. The van der Waals surface area contributed by atoms with Gasteiger partial charge in [-0.3, -0.25) is 4.79 Å². The Hall–Kier alpha value is -2.27. The molecule has 0 atom stereocenters. The molecule has 1 aromatic heterocycles. The number of carbonyl (C=O) groups excluding carboxylic acids is 1. The number of furan rings is 1. The largest absolute Gasteiger partial charge is 0.455 e. The van der Waals surface area contributed by atoms with Crippen LogP contribution in [0.4, 0.5) is 11.4 Å². The summed E-state index contributed by atoms with van der Waals surface area (Å²) in [5, 5.41) is 2.69. The summed E-state index contributed by atoms with van der Waals surface area (Å²) in [4.78, 5) is 11.8. The normalized spacial score (nSPS) is 10.2. The van der Waals surface area contributed by atoms with Gasteiger partial charge in [-0.2, -0.15) is 0 Å². The van der Waals surface area contributed by atoms with E-state index in [-0.39, 0.29) is 18.2 Å². The fourth-order valence-electron chi connectivity index (χ4n) is 1.37. The maximum atomic E-state index is 11.8. The number of nitrogen functional groups attached to an aromatic ring is 1. The second-order valence-corrected chi connectivity index (χ2v) is 3.55. The first-order valence-electron chi connectivity index (χ1n) is 5.14. The Morgan fingerprint density at radius 3 is 2.47 bits per heavy atom. The van der Waals surface area contributed by atoms with Crippen molar-refractivity contribution in [1.82, 2.24) is 0 Å². The first-order valence-corrected chi connectivity index (χ1v) is 5.14. The SMILES string of the molecule is NCc1ccc(C(=O)Nc2ccc(N)cc2)o1. The van der Waals surface area contributed by atoms with Crippen LogP contribution in [-0.4, -0.2) is 5.91 Å². The highest BCUT2D eigenvalue weighted by molar-refractivity contribution is 6.02. The Bertz CT molecular complexity index is 517. The fourth-order valence-corrected chi connectivity index (χ4v) is 1.37. The number of anilines is 2. The topological polar surface area (TPSA) is 94.3 Å². The van der Waals surface area contributed by atoms with E-state index in [1.54, 1.807) is 36.4 Å². The van der Waals surface area contributed by atoms with Crippen molar-refractivity contribution >= 4 is 17.3 Å².